The Morgan fingerprint density at radius 2 is 1.93 bits per heavy atom. The third-order valence-electron chi connectivity index (χ3n) is 5.26. The molecule has 0 spiro atoms. The van der Waals surface area contributed by atoms with Crippen LogP contribution in [-0.2, 0) is 0 Å². The summed E-state index contributed by atoms with van der Waals surface area (Å²) in [5.41, 5.74) is 2.97. The summed E-state index contributed by atoms with van der Waals surface area (Å²) >= 11 is 0. The smallest absolute Gasteiger partial charge is 0.254 e. The zero-order chi connectivity index (χ0) is 18.9. The van der Waals surface area contributed by atoms with Crippen molar-refractivity contribution in [3.05, 3.63) is 66.6 Å². The highest BCUT2D eigenvalue weighted by atomic mass is 16.5. The third kappa shape index (κ3) is 2.94. The first-order valence-corrected chi connectivity index (χ1v) is 9.33. The second-order valence-electron chi connectivity index (χ2n) is 6.89. The lowest BCUT2D eigenvalue weighted by atomic mass is 9.98. The summed E-state index contributed by atoms with van der Waals surface area (Å²) in [6.07, 6.45) is 4.41. The lowest BCUT2D eigenvalue weighted by Gasteiger charge is -2.20. The van der Waals surface area contributed by atoms with Crippen LogP contribution in [0.15, 0.2) is 61.1 Å². The van der Waals surface area contributed by atoms with Gasteiger partial charge in [0.15, 0.2) is 0 Å². The van der Waals surface area contributed by atoms with Crippen molar-refractivity contribution in [2.75, 3.05) is 25.1 Å². The predicted molar refractivity (Wildman–Crippen MR) is 107 cm³/mol. The maximum Gasteiger partial charge on any atom is 0.254 e. The van der Waals surface area contributed by atoms with Crippen molar-refractivity contribution in [3.63, 3.8) is 0 Å². The van der Waals surface area contributed by atoms with Gasteiger partial charge in [0.05, 0.1) is 18.5 Å². The van der Waals surface area contributed by atoms with Crippen LogP contribution in [0.2, 0.25) is 0 Å². The van der Waals surface area contributed by atoms with Gasteiger partial charge in [0, 0.05) is 31.3 Å². The zero-order valence-electron chi connectivity index (χ0n) is 15.6. The van der Waals surface area contributed by atoms with Gasteiger partial charge < -0.3 is 9.64 Å². The molecule has 7 heteroatoms. The number of pyridine rings is 1. The van der Waals surface area contributed by atoms with Crippen LogP contribution >= 0.6 is 0 Å². The molecule has 0 radical (unpaired) electrons. The summed E-state index contributed by atoms with van der Waals surface area (Å²) in [6.45, 7) is 1.88. The Kier molecular flexibility index (Phi) is 4.12. The number of hydrogen-bond acceptors (Lipinski definition) is 6. The van der Waals surface area contributed by atoms with Gasteiger partial charge in [-0.25, -0.2) is 4.98 Å². The highest BCUT2D eigenvalue weighted by molar-refractivity contribution is 5.63. The van der Waals surface area contributed by atoms with Gasteiger partial charge in [0.2, 0.25) is 0 Å². The molecule has 1 fully saturated rings. The van der Waals surface area contributed by atoms with Crippen LogP contribution in [-0.4, -0.2) is 44.8 Å². The highest BCUT2D eigenvalue weighted by Gasteiger charge is 2.26. The molecular weight excluding hydrogens is 352 g/mol. The van der Waals surface area contributed by atoms with Crippen LogP contribution in [0.4, 0.5) is 5.82 Å². The van der Waals surface area contributed by atoms with E-state index in [0.717, 1.165) is 42.5 Å². The topological polar surface area (TPSA) is 68.4 Å². The molecule has 0 bridgehead atoms. The summed E-state index contributed by atoms with van der Waals surface area (Å²) in [7, 11) is 1.69. The lowest BCUT2D eigenvalue weighted by molar-refractivity contribution is 0.414. The Morgan fingerprint density at radius 1 is 1.04 bits per heavy atom. The van der Waals surface area contributed by atoms with Crippen molar-refractivity contribution in [2.24, 2.45) is 0 Å². The fourth-order valence-electron chi connectivity index (χ4n) is 3.78. The van der Waals surface area contributed by atoms with E-state index in [0.29, 0.717) is 11.7 Å². The fourth-order valence-corrected chi connectivity index (χ4v) is 3.78. The molecule has 4 heterocycles. The molecule has 4 aromatic rings. The maximum absolute atomic E-state index is 5.27. The van der Waals surface area contributed by atoms with E-state index >= 15 is 0 Å². The summed E-state index contributed by atoms with van der Waals surface area (Å²) in [4.78, 5) is 15.7. The fraction of sp³-hybridized carbons (Fsp3) is 0.238. The van der Waals surface area contributed by atoms with E-state index in [1.165, 1.54) is 5.56 Å². The van der Waals surface area contributed by atoms with Crippen molar-refractivity contribution in [1.29, 1.82) is 0 Å². The molecule has 1 aromatic carbocycles. The van der Waals surface area contributed by atoms with Gasteiger partial charge in [-0.3, -0.25) is 4.98 Å². The second kappa shape index (κ2) is 6.92. The summed E-state index contributed by atoms with van der Waals surface area (Å²) in [5, 5.41) is 4.38. The van der Waals surface area contributed by atoms with Crippen LogP contribution < -0.4 is 9.64 Å². The van der Waals surface area contributed by atoms with Crippen LogP contribution in [0.1, 0.15) is 17.9 Å². The molecule has 1 atom stereocenters. The van der Waals surface area contributed by atoms with Gasteiger partial charge in [0.25, 0.3) is 5.78 Å². The lowest BCUT2D eigenvalue weighted by Crippen LogP contribution is -2.22. The minimum Gasteiger partial charge on any atom is -0.497 e. The van der Waals surface area contributed by atoms with E-state index in [9.17, 15) is 0 Å². The number of methoxy groups -OCH3 is 1. The van der Waals surface area contributed by atoms with Gasteiger partial charge in [0.1, 0.15) is 17.9 Å². The van der Waals surface area contributed by atoms with Gasteiger partial charge in [-0.05, 0) is 36.2 Å². The average Bonchev–Trinajstić information content (AvgIpc) is 3.43. The first kappa shape index (κ1) is 16.7. The van der Waals surface area contributed by atoms with Crippen LogP contribution in [0.3, 0.4) is 0 Å². The van der Waals surface area contributed by atoms with E-state index in [1.54, 1.807) is 19.6 Å². The number of hydrogen-bond donors (Lipinski definition) is 0. The van der Waals surface area contributed by atoms with Crippen molar-refractivity contribution in [1.82, 2.24) is 24.6 Å². The Bertz CT molecular complexity index is 1090. The van der Waals surface area contributed by atoms with E-state index in [2.05, 4.69) is 43.1 Å². The monoisotopic (exact) mass is 372 g/mol. The van der Waals surface area contributed by atoms with E-state index in [4.69, 9.17) is 4.74 Å². The first-order chi connectivity index (χ1) is 13.8. The molecule has 140 valence electrons. The van der Waals surface area contributed by atoms with Gasteiger partial charge in [-0.2, -0.15) is 14.6 Å². The molecule has 0 saturated carbocycles. The summed E-state index contributed by atoms with van der Waals surface area (Å²) in [6, 6.07) is 16.3. The summed E-state index contributed by atoms with van der Waals surface area (Å²) in [5.74, 6) is 2.94. The van der Waals surface area contributed by atoms with Crippen LogP contribution in [0, 0.1) is 0 Å². The number of benzene rings is 1. The van der Waals surface area contributed by atoms with Gasteiger partial charge >= 0.3 is 0 Å². The molecule has 0 N–H and O–H groups in total. The molecular formula is C21H20N6O. The van der Waals surface area contributed by atoms with Crippen molar-refractivity contribution in [2.45, 2.75) is 12.3 Å². The number of anilines is 1. The minimum absolute atomic E-state index is 0.468. The molecule has 0 amide bonds. The zero-order valence-corrected chi connectivity index (χ0v) is 15.6. The van der Waals surface area contributed by atoms with E-state index < -0.39 is 0 Å². The minimum atomic E-state index is 0.468. The molecule has 1 aliphatic heterocycles. The quantitative estimate of drug-likeness (QED) is 0.548. The number of ether oxygens (including phenoxy) is 1. The first-order valence-electron chi connectivity index (χ1n) is 9.33. The molecule has 1 unspecified atom stereocenters. The Morgan fingerprint density at radius 3 is 2.71 bits per heavy atom. The predicted octanol–water partition coefficient (Wildman–Crippen LogP) is 3.19. The molecule has 3 aromatic heterocycles. The molecule has 1 saturated heterocycles. The van der Waals surface area contributed by atoms with Gasteiger partial charge in [-0.15, -0.1) is 0 Å². The molecule has 5 rings (SSSR count). The Balaban J connectivity index is 1.48. The maximum atomic E-state index is 5.27. The second-order valence-corrected chi connectivity index (χ2v) is 6.89. The third-order valence-corrected chi connectivity index (χ3v) is 5.26. The van der Waals surface area contributed by atoms with Gasteiger partial charge in [-0.1, -0.05) is 18.2 Å². The summed E-state index contributed by atoms with van der Waals surface area (Å²) < 4.78 is 7.08. The van der Waals surface area contributed by atoms with Crippen molar-refractivity contribution >= 4 is 11.6 Å². The normalized spacial score (nSPS) is 16.6. The molecule has 28 heavy (non-hydrogen) atoms. The van der Waals surface area contributed by atoms with E-state index in [-0.39, 0.29) is 0 Å². The number of nitrogens with zero attached hydrogens (tertiary/aromatic N) is 6. The highest BCUT2D eigenvalue weighted by Crippen LogP contribution is 2.32. The van der Waals surface area contributed by atoms with Crippen molar-refractivity contribution in [3.8, 4) is 17.1 Å². The Hall–Kier alpha value is -3.48. The standard InChI is InChI=1S/C21H20N6O/c1-28-17-7-5-15(6-8-17)16-9-11-26(13-16)20-12-19(18-4-2-3-10-22-18)25-21-23-14-24-27(20)21/h2-8,10,12,14,16H,9,11,13H2,1H3. The molecule has 7 nitrogen and oxygen atoms in total. The SMILES string of the molecule is COc1ccc(C2CCN(c3cc(-c4ccccn4)nc4ncnn34)C2)cc1. The number of fused-ring (bicyclic) bond motifs is 1. The largest absolute Gasteiger partial charge is 0.497 e. The van der Waals surface area contributed by atoms with Crippen LogP contribution in [0.5, 0.6) is 5.75 Å². The average molecular weight is 372 g/mol. The molecule has 0 aliphatic carbocycles. The molecule has 1 aliphatic rings. The number of rotatable bonds is 4. The van der Waals surface area contributed by atoms with Crippen molar-refractivity contribution < 1.29 is 4.74 Å². The Labute approximate surface area is 162 Å². The van der Waals surface area contributed by atoms with E-state index in [1.807, 2.05) is 34.8 Å². The van der Waals surface area contributed by atoms with Crippen LogP contribution in [0.25, 0.3) is 17.2 Å². The number of aromatic nitrogens is 5.